The summed E-state index contributed by atoms with van der Waals surface area (Å²) in [4.78, 5) is 23.4. The van der Waals surface area contributed by atoms with Crippen LogP contribution >= 0.6 is 0 Å². The maximum atomic E-state index is 12.7. The predicted molar refractivity (Wildman–Crippen MR) is 99.2 cm³/mol. The highest BCUT2D eigenvalue weighted by atomic mass is 16.5. The molecule has 2 fully saturated rings. The zero-order valence-electron chi connectivity index (χ0n) is 15.7. The maximum Gasteiger partial charge on any atom is 0.271 e. The first-order valence-corrected chi connectivity index (χ1v) is 9.63. The third kappa shape index (κ3) is 4.04. The summed E-state index contributed by atoms with van der Waals surface area (Å²) in [5, 5.41) is 3.18. The van der Waals surface area contributed by atoms with E-state index in [0.717, 1.165) is 56.8 Å². The molecule has 2 atom stereocenters. The average Bonchev–Trinajstić information content (AvgIpc) is 3.17. The van der Waals surface area contributed by atoms with Gasteiger partial charge in [0.15, 0.2) is 0 Å². The second-order valence-electron chi connectivity index (χ2n) is 7.52. The molecule has 144 valence electrons. The molecule has 2 aromatic rings. The zero-order chi connectivity index (χ0) is 18.7. The lowest BCUT2D eigenvalue weighted by atomic mass is 9.78. The Balaban J connectivity index is 1.47. The SMILES string of the molecule is Cc1cnc(C(=O)N[C@H]2CCCC[C@@]23CN(Cc2ccco2)CCO3)cn1. The van der Waals surface area contributed by atoms with Gasteiger partial charge < -0.3 is 14.5 Å². The fourth-order valence-corrected chi connectivity index (χ4v) is 4.16. The van der Waals surface area contributed by atoms with Crippen molar-refractivity contribution in [2.75, 3.05) is 19.7 Å². The van der Waals surface area contributed by atoms with Crippen LogP contribution in [0.1, 0.15) is 47.6 Å². The van der Waals surface area contributed by atoms with Crippen molar-refractivity contribution in [2.24, 2.45) is 0 Å². The van der Waals surface area contributed by atoms with Gasteiger partial charge in [-0.1, -0.05) is 12.8 Å². The molecule has 1 aliphatic carbocycles. The Morgan fingerprint density at radius 1 is 1.37 bits per heavy atom. The fourth-order valence-electron chi connectivity index (χ4n) is 4.16. The molecule has 0 bridgehead atoms. The molecular formula is C20H26N4O3. The van der Waals surface area contributed by atoms with E-state index in [1.807, 2.05) is 19.1 Å². The fraction of sp³-hybridized carbons (Fsp3) is 0.550. The molecule has 1 saturated heterocycles. The standard InChI is InChI=1S/C20H26N4O3/c1-15-11-22-17(12-21-15)19(25)23-18-6-2-3-7-20(18)14-24(8-10-27-20)13-16-5-4-9-26-16/h4-5,9,11-12,18H,2-3,6-8,10,13-14H2,1H3,(H,23,25)/t18-,20+/m0/s1. The first-order valence-electron chi connectivity index (χ1n) is 9.63. The van der Waals surface area contributed by atoms with E-state index < -0.39 is 0 Å². The molecule has 27 heavy (non-hydrogen) atoms. The number of nitrogens with one attached hydrogen (secondary N) is 1. The molecule has 1 spiro atoms. The van der Waals surface area contributed by atoms with Crippen molar-refractivity contribution in [3.8, 4) is 0 Å². The summed E-state index contributed by atoms with van der Waals surface area (Å²) < 4.78 is 11.8. The highest BCUT2D eigenvalue weighted by Crippen LogP contribution is 2.35. The molecule has 1 N–H and O–H groups in total. The second-order valence-corrected chi connectivity index (χ2v) is 7.52. The van der Waals surface area contributed by atoms with Crippen molar-refractivity contribution in [3.63, 3.8) is 0 Å². The number of ether oxygens (including phenoxy) is 1. The maximum absolute atomic E-state index is 12.7. The summed E-state index contributed by atoms with van der Waals surface area (Å²) in [5.74, 6) is 0.777. The van der Waals surface area contributed by atoms with Crippen molar-refractivity contribution >= 4 is 5.91 Å². The van der Waals surface area contributed by atoms with Crippen LogP contribution in [0.25, 0.3) is 0 Å². The van der Waals surface area contributed by atoms with E-state index in [9.17, 15) is 4.79 Å². The molecule has 0 radical (unpaired) electrons. The van der Waals surface area contributed by atoms with Crippen LogP contribution in [0.2, 0.25) is 0 Å². The molecule has 2 aliphatic rings. The minimum Gasteiger partial charge on any atom is -0.468 e. The summed E-state index contributed by atoms with van der Waals surface area (Å²) in [6, 6.07) is 3.89. The van der Waals surface area contributed by atoms with E-state index in [1.165, 1.54) is 6.20 Å². The lowest BCUT2D eigenvalue weighted by molar-refractivity contribution is -0.143. The Labute approximate surface area is 159 Å². The highest BCUT2D eigenvalue weighted by molar-refractivity contribution is 5.92. The Morgan fingerprint density at radius 2 is 2.30 bits per heavy atom. The lowest BCUT2D eigenvalue weighted by Gasteiger charge is -2.49. The van der Waals surface area contributed by atoms with Gasteiger partial charge in [-0.05, 0) is 31.9 Å². The smallest absolute Gasteiger partial charge is 0.271 e. The van der Waals surface area contributed by atoms with Gasteiger partial charge in [0.1, 0.15) is 17.1 Å². The van der Waals surface area contributed by atoms with E-state index in [0.29, 0.717) is 12.3 Å². The van der Waals surface area contributed by atoms with Crippen LogP contribution in [0.4, 0.5) is 0 Å². The van der Waals surface area contributed by atoms with Crippen LogP contribution in [0.3, 0.4) is 0 Å². The summed E-state index contributed by atoms with van der Waals surface area (Å²) >= 11 is 0. The molecule has 7 heteroatoms. The van der Waals surface area contributed by atoms with Crippen LogP contribution in [0, 0.1) is 6.92 Å². The van der Waals surface area contributed by atoms with Crippen molar-refractivity contribution in [1.82, 2.24) is 20.2 Å². The largest absolute Gasteiger partial charge is 0.468 e. The predicted octanol–water partition coefficient (Wildman–Crippen LogP) is 2.32. The van der Waals surface area contributed by atoms with Gasteiger partial charge in [0, 0.05) is 19.3 Å². The number of amides is 1. The third-order valence-corrected chi connectivity index (χ3v) is 5.54. The molecule has 4 rings (SSSR count). The van der Waals surface area contributed by atoms with Gasteiger partial charge in [0.25, 0.3) is 5.91 Å². The summed E-state index contributed by atoms with van der Waals surface area (Å²) in [7, 11) is 0. The number of furan rings is 1. The van der Waals surface area contributed by atoms with Crippen LogP contribution in [0.5, 0.6) is 0 Å². The number of rotatable bonds is 4. The van der Waals surface area contributed by atoms with Gasteiger partial charge in [0.2, 0.25) is 0 Å². The minimum atomic E-state index is -0.350. The van der Waals surface area contributed by atoms with Gasteiger partial charge in [-0.2, -0.15) is 0 Å². The zero-order valence-corrected chi connectivity index (χ0v) is 15.7. The van der Waals surface area contributed by atoms with E-state index in [1.54, 1.807) is 12.5 Å². The highest BCUT2D eigenvalue weighted by Gasteiger charge is 2.46. The molecule has 7 nitrogen and oxygen atoms in total. The number of hydrogen-bond donors (Lipinski definition) is 1. The molecule has 1 saturated carbocycles. The van der Waals surface area contributed by atoms with Crippen molar-refractivity contribution in [3.05, 3.63) is 47.9 Å². The summed E-state index contributed by atoms with van der Waals surface area (Å²) in [6.45, 7) is 4.94. The number of carbonyl (C=O) groups excluding carboxylic acids is 1. The Morgan fingerprint density at radius 3 is 3.07 bits per heavy atom. The number of morpholine rings is 1. The molecule has 2 aromatic heterocycles. The number of nitrogens with zero attached hydrogens (tertiary/aromatic N) is 3. The van der Waals surface area contributed by atoms with Crippen LogP contribution in [-0.2, 0) is 11.3 Å². The Hall–Kier alpha value is -2.25. The van der Waals surface area contributed by atoms with E-state index in [2.05, 4.69) is 20.2 Å². The summed E-state index contributed by atoms with van der Waals surface area (Å²) in [6.07, 6.45) is 8.93. The molecule has 1 amide bonds. The Kier molecular flexibility index (Phi) is 5.22. The number of carbonyl (C=O) groups is 1. The number of hydrogen-bond acceptors (Lipinski definition) is 6. The van der Waals surface area contributed by atoms with Crippen LogP contribution in [0.15, 0.2) is 35.2 Å². The molecule has 0 aromatic carbocycles. The van der Waals surface area contributed by atoms with Crippen molar-refractivity contribution < 1.29 is 13.9 Å². The van der Waals surface area contributed by atoms with Gasteiger partial charge in [-0.25, -0.2) is 4.98 Å². The minimum absolute atomic E-state index is 0.0266. The van der Waals surface area contributed by atoms with Gasteiger partial charge in [-0.15, -0.1) is 0 Å². The third-order valence-electron chi connectivity index (χ3n) is 5.54. The van der Waals surface area contributed by atoms with E-state index in [4.69, 9.17) is 9.15 Å². The molecular weight excluding hydrogens is 344 g/mol. The van der Waals surface area contributed by atoms with Crippen molar-refractivity contribution in [2.45, 2.75) is 50.8 Å². The quantitative estimate of drug-likeness (QED) is 0.890. The van der Waals surface area contributed by atoms with E-state index in [-0.39, 0.29) is 17.6 Å². The number of aromatic nitrogens is 2. The van der Waals surface area contributed by atoms with Crippen LogP contribution < -0.4 is 5.32 Å². The summed E-state index contributed by atoms with van der Waals surface area (Å²) in [5.41, 5.74) is 0.797. The van der Waals surface area contributed by atoms with Gasteiger partial charge in [-0.3, -0.25) is 14.7 Å². The van der Waals surface area contributed by atoms with Crippen molar-refractivity contribution in [1.29, 1.82) is 0 Å². The van der Waals surface area contributed by atoms with Gasteiger partial charge >= 0.3 is 0 Å². The van der Waals surface area contributed by atoms with E-state index >= 15 is 0 Å². The first-order chi connectivity index (χ1) is 13.1. The van der Waals surface area contributed by atoms with Gasteiger partial charge in [0.05, 0.1) is 37.3 Å². The monoisotopic (exact) mass is 370 g/mol. The second kappa shape index (κ2) is 7.78. The lowest BCUT2D eigenvalue weighted by Crippen LogP contribution is -2.64. The number of aryl methyl sites for hydroxylation is 1. The molecule has 1 aliphatic heterocycles. The Bertz CT molecular complexity index is 758. The normalized spacial score (nSPS) is 26.2. The molecule has 0 unspecified atom stereocenters. The molecule has 3 heterocycles. The topological polar surface area (TPSA) is 80.5 Å². The van der Waals surface area contributed by atoms with Crippen LogP contribution in [-0.4, -0.2) is 52.1 Å². The average molecular weight is 370 g/mol. The first kappa shape index (κ1) is 18.1.